The third-order valence-electron chi connectivity index (χ3n) is 7.07. The maximum absolute atomic E-state index is 12.9. The third-order valence-corrected chi connectivity index (χ3v) is 7.07. The molecule has 1 aromatic heterocycles. The van der Waals surface area contributed by atoms with E-state index in [0.717, 1.165) is 56.8 Å². The van der Waals surface area contributed by atoms with E-state index in [1.807, 2.05) is 34.4 Å². The number of carbonyl (C=O) groups excluding carboxylic acids is 2. The molecule has 1 unspecified atom stereocenters. The zero-order valence-electron chi connectivity index (χ0n) is 16.7. The summed E-state index contributed by atoms with van der Waals surface area (Å²) in [5.74, 6) is 0.956. The van der Waals surface area contributed by atoms with Crippen molar-refractivity contribution in [3.63, 3.8) is 0 Å². The van der Waals surface area contributed by atoms with Gasteiger partial charge < -0.3 is 9.80 Å². The second-order valence-electron chi connectivity index (χ2n) is 8.90. The molecule has 0 N–H and O–H groups in total. The standard InChI is InChI=1S/C21H32N4O2/c1-16-12-17(2)25(22-16)14-20(27)24-13-18(21(15-24)8-5-9-21)6-7-19(26)23-10-3-4-11-23/h12,18H,3-11,13-15H2,1-2H3. The Balaban J connectivity index is 1.36. The molecule has 4 rings (SSSR count). The van der Waals surface area contributed by atoms with Crippen molar-refractivity contribution in [3.8, 4) is 0 Å². The number of nitrogens with zero attached hydrogens (tertiary/aromatic N) is 4. The number of hydrogen-bond acceptors (Lipinski definition) is 3. The van der Waals surface area contributed by atoms with E-state index in [4.69, 9.17) is 0 Å². The summed E-state index contributed by atoms with van der Waals surface area (Å²) in [6.45, 7) is 7.83. The number of amides is 2. The minimum absolute atomic E-state index is 0.167. The summed E-state index contributed by atoms with van der Waals surface area (Å²) in [6.07, 6.45) is 7.54. The van der Waals surface area contributed by atoms with Gasteiger partial charge in [-0.3, -0.25) is 14.3 Å². The van der Waals surface area contributed by atoms with Gasteiger partial charge in [0.25, 0.3) is 0 Å². The highest BCUT2D eigenvalue weighted by molar-refractivity contribution is 5.77. The molecule has 2 saturated heterocycles. The van der Waals surface area contributed by atoms with Gasteiger partial charge in [0, 0.05) is 38.3 Å². The molecule has 2 aliphatic heterocycles. The maximum Gasteiger partial charge on any atom is 0.244 e. The topological polar surface area (TPSA) is 58.4 Å². The van der Waals surface area contributed by atoms with Gasteiger partial charge >= 0.3 is 0 Å². The van der Waals surface area contributed by atoms with E-state index >= 15 is 0 Å². The number of aryl methyl sites for hydroxylation is 2. The van der Waals surface area contributed by atoms with E-state index in [1.165, 1.54) is 19.3 Å². The van der Waals surface area contributed by atoms with Crippen LogP contribution in [0.1, 0.15) is 56.3 Å². The monoisotopic (exact) mass is 372 g/mol. The van der Waals surface area contributed by atoms with Crippen LogP contribution < -0.4 is 0 Å². The molecule has 3 aliphatic rings. The Labute approximate surface area is 161 Å². The molecular formula is C21H32N4O2. The maximum atomic E-state index is 12.9. The molecule has 0 radical (unpaired) electrons. The molecule has 6 heteroatoms. The number of aromatic nitrogens is 2. The Bertz CT molecular complexity index is 716. The predicted molar refractivity (Wildman–Crippen MR) is 103 cm³/mol. The smallest absolute Gasteiger partial charge is 0.244 e. The molecule has 1 spiro atoms. The first kappa shape index (κ1) is 18.5. The third kappa shape index (κ3) is 3.63. The van der Waals surface area contributed by atoms with Gasteiger partial charge in [-0.2, -0.15) is 5.10 Å². The van der Waals surface area contributed by atoms with Crippen LogP contribution >= 0.6 is 0 Å². The van der Waals surface area contributed by atoms with Gasteiger partial charge in [0.05, 0.1) is 5.69 Å². The highest BCUT2D eigenvalue weighted by Crippen LogP contribution is 2.53. The first-order valence-corrected chi connectivity index (χ1v) is 10.5. The summed E-state index contributed by atoms with van der Waals surface area (Å²) in [6, 6.07) is 2.01. The Morgan fingerprint density at radius 1 is 1.11 bits per heavy atom. The number of carbonyl (C=O) groups is 2. The van der Waals surface area contributed by atoms with E-state index in [-0.39, 0.29) is 11.3 Å². The van der Waals surface area contributed by atoms with Crippen LogP contribution in [0.2, 0.25) is 0 Å². The molecule has 27 heavy (non-hydrogen) atoms. The quantitative estimate of drug-likeness (QED) is 0.798. The average Bonchev–Trinajstić information content (AvgIpc) is 3.31. The number of hydrogen-bond donors (Lipinski definition) is 0. The van der Waals surface area contributed by atoms with Gasteiger partial charge in [-0.1, -0.05) is 6.42 Å². The lowest BCUT2D eigenvalue weighted by Gasteiger charge is -2.43. The van der Waals surface area contributed by atoms with Crippen molar-refractivity contribution in [1.82, 2.24) is 19.6 Å². The minimum atomic E-state index is 0.167. The van der Waals surface area contributed by atoms with Crippen molar-refractivity contribution < 1.29 is 9.59 Å². The van der Waals surface area contributed by atoms with Crippen molar-refractivity contribution in [2.24, 2.45) is 11.3 Å². The average molecular weight is 373 g/mol. The van der Waals surface area contributed by atoms with Gasteiger partial charge in [0.1, 0.15) is 6.54 Å². The Hall–Kier alpha value is -1.85. The summed E-state index contributed by atoms with van der Waals surface area (Å²) >= 11 is 0. The highest BCUT2D eigenvalue weighted by Gasteiger charge is 2.51. The predicted octanol–water partition coefficient (Wildman–Crippen LogP) is 2.53. The summed E-state index contributed by atoms with van der Waals surface area (Å²) in [4.78, 5) is 29.4. The molecule has 3 fully saturated rings. The number of likely N-dealkylation sites (tertiary alicyclic amines) is 2. The molecule has 6 nitrogen and oxygen atoms in total. The second kappa shape index (κ2) is 7.28. The van der Waals surface area contributed by atoms with Crippen molar-refractivity contribution in [2.75, 3.05) is 26.2 Å². The Morgan fingerprint density at radius 2 is 1.85 bits per heavy atom. The van der Waals surface area contributed by atoms with Crippen LogP contribution in [0, 0.1) is 25.2 Å². The van der Waals surface area contributed by atoms with Crippen molar-refractivity contribution in [3.05, 3.63) is 17.5 Å². The fraction of sp³-hybridized carbons (Fsp3) is 0.762. The second-order valence-corrected chi connectivity index (χ2v) is 8.90. The first-order valence-electron chi connectivity index (χ1n) is 10.5. The highest BCUT2D eigenvalue weighted by atomic mass is 16.2. The molecule has 1 atom stereocenters. The largest absolute Gasteiger partial charge is 0.343 e. The zero-order valence-corrected chi connectivity index (χ0v) is 16.7. The van der Waals surface area contributed by atoms with Gasteiger partial charge in [0.2, 0.25) is 11.8 Å². The lowest BCUT2D eigenvalue weighted by Crippen LogP contribution is -2.39. The lowest BCUT2D eigenvalue weighted by molar-refractivity contribution is -0.132. The molecule has 0 aromatic carbocycles. The molecule has 148 valence electrons. The van der Waals surface area contributed by atoms with E-state index in [2.05, 4.69) is 5.10 Å². The van der Waals surface area contributed by atoms with E-state index in [1.54, 1.807) is 0 Å². The van der Waals surface area contributed by atoms with Gasteiger partial charge in [-0.15, -0.1) is 0 Å². The van der Waals surface area contributed by atoms with Crippen molar-refractivity contribution in [2.45, 2.75) is 65.3 Å². The number of rotatable bonds is 5. The van der Waals surface area contributed by atoms with Crippen LogP contribution in [0.15, 0.2) is 6.07 Å². The zero-order chi connectivity index (χ0) is 19.0. The van der Waals surface area contributed by atoms with E-state index in [0.29, 0.717) is 24.8 Å². The van der Waals surface area contributed by atoms with E-state index < -0.39 is 0 Å². The van der Waals surface area contributed by atoms with Crippen LogP contribution in [0.25, 0.3) is 0 Å². The normalized spacial score (nSPS) is 23.9. The summed E-state index contributed by atoms with van der Waals surface area (Å²) in [7, 11) is 0. The SMILES string of the molecule is Cc1cc(C)n(CC(=O)N2CC(CCC(=O)N3CCCC3)C3(CCC3)C2)n1. The van der Waals surface area contributed by atoms with Crippen LogP contribution in [-0.4, -0.2) is 57.6 Å². The molecule has 1 aliphatic carbocycles. The summed E-state index contributed by atoms with van der Waals surface area (Å²) in [5.41, 5.74) is 2.26. The molecule has 2 amide bonds. The van der Waals surface area contributed by atoms with Crippen LogP contribution in [0.4, 0.5) is 0 Å². The van der Waals surface area contributed by atoms with Crippen LogP contribution in [0.5, 0.6) is 0 Å². The fourth-order valence-electron chi connectivity index (χ4n) is 5.30. The summed E-state index contributed by atoms with van der Waals surface area (Å²) in [5, 5.41) is 4.43. The van der Waals surface area contributed by atoms with Crippen molar-refractivity contribution >= 4 is 11.8 Å². The first-order chi connectivity index (χ1) is 13.0. The Kier molecular flexibility index (Phi) is 4.99. The Morgan fingerprint density at radius 3 is 2.44 bits per heavy atom. The van der Waals surface area contributed by atoms with Crippen molar-refractivity contribution in [1.29, 1.82) is 0 Å². The molecule has 3 heterocycles. The molecule has 0 bridgehead atoms. The molecular weight excluding hydrogens is 340 g/mol. The van der Waals surface area contributed by atoms with Crippen LogP contribution in [0.3, 0.4) is 0 Å². The van der Waals surface area contributed by atoms with Gasteiger partial charge in [-0.05, 0) is 63.4 Å². The molecule has 1 saturated carbocycles. The van der Waals surface area contributed by atoms with Crippen LogP contribution in [-0.2, 0) is 16.1 Å². The molecule has 1 aromatic rings. The lowest BCUT2D eigenvalue weighted by atomic mass is 9.62. The van der Waals surface area contributed by atoms with Gasteiger partial charge in [-0.25, -0.2) is 0 Å². The van der Waals surface area contributed by atoms with Gasteiger partial charge in [0.15, 0.2) is 0 Å². The minimum Gasteiger partial charge on any atom is -0.343 e. The summed E-state index contributed by atoms with van der Waals surface area (Å²) < 4.78 is 1.81. The van der Waals surface area contributed by atoms with E-state index in [9.17, 15) is 9.59 Å². The fourth-order valence-corrected chi connectivity index (χ4v) is 5.30.